The van der Waals surface area contributed by atoms with Gasteiger partial charge in [0.1, 0.15) is 11.8 Å². The molecule has 0 radical (unpaired) electrons. The van der Waals surface area contributed by atoms with Crippen molar-refractivity contribution in [3.63, 3.8) is 0 Å². The summed E-state index contributed by atoms with van der Waals surface area (Å²) < 4.78 is 16.0. The lowest BCUT2D eigenvalue weighted by molar-refractivity contribution is 0.0851. The van der Waals surface area contributed by atoms with Crippen molar-refractivity contribution in [2.45, 2.75) is 37.8 Å². The molecule has 1 N–H and O–H groups in total. The van der Waals surface area contributed by atoms with Crippen molar-refractivity contribution < 1.29 is 18.5 Å². The van der Waals surface area contributed by atoms with E-state index in [4.69, 9.17) is 13.7 Å². The Bertz CT molecular complexity index is 915. The number of rotatable bonds is 6. The summed E-state index contributed by atoms with van der Waals surface area (Å²) in [6, 6.07) is 11.3. The predicted molar refractivity (Wildman–Crippen MR) is 94.9 cm³/mol. The molecule has 1 saturated carbocycles. The normalized spacial score (nSPS) is 20.1. The molecule has 27 heavy (non-hydrogen) atoms. The van der Waals surface area contributed by atoms with Gasteiger partial charge in [0.2, 0.25) is 17.5 Å². The van der Waals surface area contributed by atoms with Gasteiger partial charge in [0, 0.05) is 30.7 Å². The van der Waals surface area contributed by atoms with Gasteiger partial charge in [-0.1, -0.05) is 35.5 Å². The van der Waals surface area contributed by atoms with Gasteiger partial charge < -0.3 is 19.0 Å². The smallest absolute Gasteiger partial charge is 0.290 e. The maximum Gasteiger partial charge on any atom is 0.290 e. The van der Waals surface area contributed by atoms with Crippen molar-refractivity contribution in [3.05, 3.63) is 53.9 Å². The molecule has 8 nitrogen and oxygen atoms in total. The van der Waals surface area contributed by atoms with Crippen LogP contribution in [-0.4, -0.2) is 34.4 Å². The van der Waals surface area contributed by atoms with Crippen LogP contribution in [0, 0.1) is 0 Å². The fraction of sp³-hybridized carbons (Fsp3) is 0.368. The number of carbonyl (C=O) groups is 1. The number of hydrogen-bond donors (Lipinski definition) is 1. The van der Waals surface area contributed by atoms with Crippen LogP contribution in [0.3, 0.4) is 0 Å². The topological polar surface area (TPSA) is 103 Å². The van der Waals surface area contributed by atoms with Gasteiger partial charge in [0.25, 0.3) is 5.91 Å². The number of carbonyl (C=O) groups excluding carboxylic acids is 1. The Morgan fingerprint density at radius 2 is 2.04 bits per heavy atom. The average molecular weight is 368 g/mol. The van der Waals surface area contributed by atoms with Crippen LogP contribution < -0.4 is 5.32 Å². The maximum absolute atomic E-state index is 12.4. The Balaban J connectivity index is 1.32. The highest BCUT2D eigenvalue weighted by atomic mass is 16.5. The molecule has 1 aliphatic carbocycles. The molecule has 1 amide bonds. The Labute approximate surface area is 155 Å². The summed E-state index contributed by atoms with van der Waals surface area (Å²) in [6.45, 7) is 1.85. The van der Waals surface area contributed by atoms with E-state index in [1.165, 1.54) is 0 Å². The standard InChI is InChI=1S/C19H20N4O4/c1-11(25-2)18-21-22-19(26-18)13-8-14(9-13)20-17(24)16-10-15(23-27-16)12-6-4-3-5-7-12/h3-7,10-11,13-14H,8-9H2,1-2H3,(H,20,24)/t11-,13?,14?/m1/s1. The molecule has 1 fully saturated rings. The SMILES string of the molecule is CO[C@H](C)c1nnc(C2CC(NC(=O)c3cc(-c4ccccc4)no3)C2)o1. The van der Waals surface area contributed by atoms with Crippen LogP contribution in [0.15, 0.2) is 45.3 Å². The van der Waals surface area contributed by atoms with Crippen molar-refractivity contribution in [2.24, 2.45) is 0 Å². The van der Waals surface area contributed by atoms with Gasteiger partial charge in [-0.05, 0) is 19.8 Å². The van der Waals surface area contributed by atoms with Gasteiger partial charge in [-0.15, -0.1) is 10.2 Å². The minimum atomic E-state index is -0.271. The first-order valence-corrected chi connectivity index (χ1v) is 8.83. The summed E-state index contributed by atoms with van der Waals surface area (Å²) in [7, 11) is 1.59. The number of nitrogens with zero attached hydrogens (tertiary/aromatic N) is 3. The van der Waals surface area contributed by atoms with E-state index in [1.807, 2.05) is 37.3 Å². The van der Waals surface area contributed by atoms with E-state index in [0.717, 1.165) is 18.4 Å². The number of amides is 1. The fourth-order valence-electron chi connectivity index (χ4n) is 3.00. The van der Waals surface area contributed by atoms with Crippen LogP contribution in [0.2, 0.25) is 0 Å². The first-order valence-electron chi connectivity index (χ1n) is 8.83. The monoisotopic (exact) mass is 368 g/mol. The summed E-state index contributed by atoms with van der Waals surface area (Å²) in [5, 5.41) is 15.0. The first kappa shape index (κ1) is 17.4. The van der Waals surface area contributed by atoms with E-state index < -0.39 is 0 Å². The van der Waals surface area contributed by atoms with E-state index in [1.54, 1.807) is 13.2 Å². The average Bonchev–Trinajstić information content (AvgIpc) is 3.34. The van der Waals surface area contributed by atoms with E-state index in [-0.39, 0.29) is 29.7 Å². The molecule has 1 aromatic carbocycles. The molecule has 0 aliphatic heterocycles. The zero-order valence-electron chi connectivity index (χ0n) is 15.1. The highest BCUT2D eigenvalue weighted by Gasteiger charge is 2.36. The largest absolute Gasteiger partial charge is 0.422 e. The highest BCUT2D eigenvalue weighted by molar-refractivity contribution is 5.92. The summed E-state index contributed by atoms with van der Waals surface area (Å²) in [5.41, 5.74) is 1.54. The second-order valence-electron chi connectivity index (χ2n) is 6.64. The van der Waals surface area contributed by atoms with E-state index in [2.05, 4.69) is 20.7 Å². The van der Waals surface area contributed by atoms with Crippen molar-refractivity contribution in [3.8, 4) is 11.3 Å². The second-order valence-corrected chi connectivity index (χ2v) is 6.64. The summed E-state index contributed by atoms with van der Waals surface area (Å²) in [4.78, 5) is 12.4. The van der Waals surface area contributed by atoms with Crippen molar-refractivity contribution in [1.82, 2.24) is 20.7 Å². The molecule has 2 aromatic heterocycles. The lowest BCUT2D eigenvalue weighted by Crippen LogP contribution is -2.43. The van der Waals surface area contributed by atoms with Gasteiger partial charge in [-0.25, -0.2) is 0 Å². The van der Waals surface area contributed by atoms with Gasteiger partial charge >= 0.3 is 0 Å². The van der Waals surface area contributed by atoms with Crippen molar-refractivity contribution >= 4 is 5.91 Å². The highest BCUT2D eigenvalue weighted by Crippen LogP contribution is 2.36. The van der Waals surface area contributed by atoms with Gasteiger partial charge in [0.05, 0.1) is 0 Å². The number of ether oxygens (including phenoxy) is 1. The third-order valence-electron chi connectivity index (χ3n) is 4.78. The van der Waals surface area contributed by atoms with Gasteiger partial charge in [0.15, 0.2) is 0 Å². The lowest BCUT2D eigenvalue weighted by atomic mass is 9.80. The molecule has 2 heterocycles. The number of methoxy groups -OCH3 is 1. The van der Waals surface area contributed by atoms with Crippen molar-refractivity contribution in [2.75, 3.05) is 7.11 Å². The Morgan fingerprint density at radius 1 is 1.26 bits per heavy atom. The van der Waals surface area contributed by atoms with Crippen LogP contribution in [0.5, 0.6) is 0 Å². The molecule has 0 spiro atoms. The summed E-state index contributed by atoms with van der Waals surface area (Å²) >= 11 is 0. The quantitative estimate of drug-likeness (QED) is 0.713. The Morgan fingerprint density at radius 3 is 2.78 bits per heavy atom. The molecular weight excluding hydrogens is 348 g/mol. The van der Waals surface area contributed by atoms with Crippen LogP contribution in [0.25, 0.3) is 11.3 Å². The van der Waals surface area contributed by atoms with Crippen LogP contribution in [0.4, 0.5) is 0 Å². The van der Waals surface area contributed by atoms with E-state index in [0.29, 0.717) is 17.5 Å². The number of nitrogens with one attached hydrogen (secondary N) is 1. The number of benzene rings is 1. The molecule has 1 atom stereocenters. The Kier molecular flexibility index (Phi) is 4.72. The van der Waals surface area contributed by atoms with Crippen LogP contribution >= 0.6 is 0 Å². The van der Waals surface area contributed by atoms with Crippen LogP contribution in [0.1, 0.15) is 54.1 Å². The third-order valence-corrected chi connectivity index (χ3v) is 4.78. The zero-order valence-corrected chi connectivity index (χ0v) is 15.1. The molecule has 0 bridgehead atoms. The molecule has 4 rings (SSSR count). The maximum atomic E-state index is 12.4. The molecule has 0 saturated heterocycles. The zero-order chi connectivity index (χ0) is 18.8. The molecule has 8 heteroatoms. The summed E-state index contributed by atoms with van der Waals surface area (Å²) in [5.74, 6) is 1.13. The molecule has 3 aromatic rings. The predicted octanol–water partition coefficient (Wildman–Crippen LogP) is 3.11. The third kappa shape index (κ3) is 3.61. The molecule has 0 unspecified atom stereocenters. The second kappa shape index (κ2) is 7.32. The van der Waals surface area contributed by atoms with E-state index >= 15 is 0 Å². The van der Waals surface area contributed by atoms with Crippen molar-refractivity contribution in [1.29, 1.82) is 0 Å². The number of aromatic nitrogens is 3. The summed E-state index contributed by atoms with van der Waals surface area (Å²) in [6.07, 6.45) is 1.26. The molecule has 1 aliphatic rings. The minimum absolute atomic E-state index is 0.0444. The van der Waals surface area contributed by atoms with E-state index in [9.17, 15) is 4.79 Å². The van der Waals surface area contributed by atoms with Gasteiger partial charge in [-0.2, -0.15) is 0 Å². The van der Waals surface area contributed by atoms with Crippen LogP contribution in [-0.2, 0) is 4.74 Å². The Hall–Kier alpha value is -3.00. The van der Waals surface area contributed by atoms with Gasteiger partial charge in [-0.3, -0.25) is 4.79 Å². The number of hydrogen-bond acceptors (Lipinski definition) is 7. The molecule has 140 valence electrons. The minimum Gasteiger partial charge on any atom is -0.422 e. The first-order chi connectivity index (χ1) is 13.1. The fourth-order valence-corrected chi connectivity index (χ4v) is 3.00. The lowest BCUT2D eigenvalue weighted by Gasteiger charge is -2.33. The molecular formula is C19H20N4O4.